The first kappa shape index (κ1) is 16.8. The molecular formula is C18H19N5O2S. The molecule has 4 rings (SSSR count). The van der Waals surface area contributed by atoms with E-state index in [4.69, 9.17) is 4.52 Å². The molecule has 0 N–H and O–H groups in total. The number of nitrogens with zero attached hydrogens (tertiary/aromatic N) is 5. The molecule has 4 aromatic rings. The number of rotatable bonds is 6. The first-order valence-corrected chi connectivity index (χ1v) is 9.59. The quantitative estimate of drug-likeness (QED) is 0.485. The molecule has 0 bridgehead atoms. The topological polar surface area (TPSA) is 78.2 Å². The molecule has 0 amide bonds. The molecule has 0 saturated heterocycles. The van der Waals surface area contributed by atoms with Crippen LogP contribution in [-0.2, 0) is 12.3 Å². The van der Waals surface area contributed by atoms with Crippen LogP contribution in [0.4, 0.5) is 0 Å². The fourth-order valence-corrected chi connectivity index (χ4v) is 3.78. The summed E-state index contributed by atoms with van der Waals surface area (Å²) in [6, 6.07) is 9.50. The van der Waals surface area contributed by atoms with E-state index in [0.717, 1.165) is 35.0 Å². The monoisotopic (exact) mass is 369 g/mol. The van der Waals surface area contributed by atoms with E-state index in [1.54, 1.807) is 4.57 Å². The van der Waals surface area contributed by atoms with Crippen molar-refractivity contribution in [3.63, 3.8) is 0 Å². The molecule has 0 fully saturated rings. The smallest absolute Gasteiger partial charge is 0.262 e. The van der Waals surface area contributed by atoms with Gasteiger partial charge in [-0.1, -0.05) is 42.4 Å². The van der Waals surface area contributed by atoms with E-state index >= 15 is 0 Å². The van der Waals surface area contributed by atoms with Crippen LogP contribution >= 0.6 is 11.8 Å². The lowest BCUT2D eigenvalue weighted by Gasteiger charge is -2.10. The fourth-order valence-electron chi connectivity index (χ4n) is 2.96. The molecule has 0 spiro atoms. The highest BCUT2D eigenvalue weighted by molar-refractivity contribution is 7.98. The molecule has 7 nitrogen and oxygen atoms in total. The number of benzene rings is 1. The highest BCUT2D eigenvalue weighted by atomic mass is 32.2. The molecule has 0 aliphatic heterocycles. The van der Waals surface area contributed by atoms with Crippen LogP contribution in [0.5, 0.6) is 0 Å². The standard InChI is InChI=1S/C18H19N5O2S/c1-3-4-9-22-16(24)14-7-5-6-8-15(14)23-17(22)19-20-18(23)26-11-13-10-12(2)21-25-13/h5-8,10H,3-4,9,11H2,1-2H3. The normalized spacial score (nSPS) is 11.6. The second-order valence-corrected chi connectivity index (χ2v) is 7.11. The van der Waals surface area contributed by atoms with Crippen molar-refractivity contribution in [1.82, 2.24) is 24.3 Å². The zero-order chi connectivity index (χ0) is 18.1. The van der Waals surface area contributed by atoms with Crippen LogP contribution in [0.15, 0.2) is 44.8 Å². The molecule has 1 aromatic carbocycles. The van der Waals surface area contributed by atoms with Crippen molar-refractivity contribution in [2.75, 3.05) is 0 Å². The number of hydrogen-bond acceptors (Lipinski definition) is 6. The van der Waals surface area contributed by atoms with Gasteiger partial charge in [0.2, 0.25) is 5.78 Å². The Kier molecular flexibility index (Phi) is 4.50. The molecule has 0 radical (unpaired) electrons. The van der Waals surface area contributed by atoms with Gasteiger partial charge in [0.05, 0.1) is 22.3 Å². The zero-order valence-corrected chi connectivity index (χ0v) is 15.5. The molecule has 0 aliphatic rings. The van der Waals surface area contributed by atoms with Crippen molar-refractivity contribution in [3.05, 3.63) is 52.1 Å². The lowest BCUT2D eigenvalue weighted by molar-refractivity contribution is 0.391. The van der Waals surface area contributed by atoms with Gasteiger partial charge in [0.1, 0.15) is 5.76 Å². The minimum atomic E-state index is -0.0173. The van der Waals surface area contributed by atoms with Gasteiger partial charge in [-0.05, 0) is 25.5 Å². The second-order valence-electron chi connectivity index (χ2n) is 6.17. The Morgan fingerprint density at radius 3 is 2.85 bits per heavy atom. The summed E-state index contributed by atoms with van der Waals surface area (Å²) in [5.74, 6) is 1.97. The third kappa shape index (κ3) is 2.90. The van der Waals surface area contributed by atoms with Crippen LogP contribution < -0.4 is 5.56 Å². The third-order valence-corrected chi connectivity index (χ3v) is 5.19. The largest absolute Gasteiger partial charge is 0.360 e. The number of aryl methyl sites for hydroxylation is 2. The van der Waals surface area contributed by atoms with Crippen molar-refractivity contribution in [1.29, 1.82) is 0 Å². The minimum absolute atomic E-state index is 0.0173. The van der Waals surface area contributed by atoms with Crippen LogP contribution in [0.3, 0.4) is 0 Å². The average molecular weight is 369 g/mol. The maximum absolute atomic E-state index is 12.9. The van der Waals surface area contributed by atoms with Crippen LogP contribution in [0.25, 0.3) is 16.7 Å². The van der Waals surface area contributed by atoms with Crippen molar-refractivity contribution in [2.24, 2.45) is 0 Å². The molecule has 0 saturated carbocycles. The van der Waals surface area contributed by atoms with Crippen molar-refractivity contribution >= 4 is 28.4 Å². The number of para-hydroxylation sites is 1. The number of fused-ring (bicyclic) bond motifs is 3. The summed E-state index contributed by atoms with van der Waals surface area (Å²) in [7, 11) is 0. The van der Waals surface area contributed by atoms with E-state index in [-0.39, 0.29) is 5.56 Å². The molecule has 0 unspecified atom stereocenters. The first-order chi connectivity index (χ1) is 12.7. The van der Waals surface area contributed by atoms with Crippen LogP contribution in [0, 0.1) is 6.92 Å². The molecule has 8 heteroatoms. The molecule has 134 valence electrons. The van der Waals surface area contributed by atoms with E-state index in [2.05, 4.69) is 22.3 Å². The predicted octanol–water partition coefficient (Wildman–Crippen LogP) is 3.43. The molecular weight excluding hydrogens is 350 g/mol. The van der Waals surface area contributed by atoms with E-state index in [9.17, 15) is 4.79 Å². The van der Waals surface area contributed by atoms with Gasteiger partial charge in [-0.25, -0.2) is 0 Å². The number of aromatic nitrogens is 5. The first-order valence-electron chi connectivity index (χ1n) is 8.60. The van der Waals surface area contributed by atoms with Crippen LogP contribution in [-0.4, -0.2) is 24.3 Å². The third-order valence-electron chi connectivity index (χ3n) is 4.23. The van der Waals surface area contributed by atoms with E-state index in [0.29, 0.717) is 23.5 Å². The van der Waals surface area contributed by atoms with Gasteiger partial charge in [-0.15, -0.1) is 10.2 Å². The lowest BCUT2D eigenvalue weighted by Crippen LogP contribution is -2.23. The van der Waals surface area contributed by atoms with Crippen LogP contribution in [0.2, 0.25) is 0 Å². The van der Waals surface area contributed by atoms with E-state index < -0.39 is 0 Å². The average Bonchev–Trinajstić information content (AvgIpc) is 3.26. The predicted molar refractivity (Wildman–Crippen MR) is 100 cm³/mol. The van der Waals surface area contributed by atoms with Gasteiger partial charge >= 0.3 is 0 Å². The lowest BCUT2D eigenvalue weighted by atomic mass is 10.2. The summed E-state index contributed by atoms with van der Waals surface area (Å²) in [6.07, 6.45) is 1.92. The molecule has 3 heterocycles. The van der Waals surface area contributed by atoms with Crippen molar-refractivity contribution in [3.8, 4) is 0 Å². The Hall–Kier alpha value is -2.61. The number of hydrogen-bond donors (Lipinski definition) is 0. The van der Waals surface area contributed by atoms with E-state index in [1.165, 1.54) is 11.8 Å². The van der Waals surface area contributed by atoms with Gasteiger partial charge in [0.15, 0.2) is 5.16 Å². The highest BCUT2D eigenvalue weighted by Gasteiger charge is 2.17. The summed E-state index contributed by atoms with van der Waals surface area (Å²) >= 11 is 1.52. The zero-order valence-electron chi connectivity index (χ0n) is 14.7. The van der Waals surface area contributed by atoms with Crippen molar-refractivity contribution < 1.29 is 4.52 Å². The Morgan fingerprint density at radius 1 is 1.23 bits per heavy atom. The summed E-state index contributed by atoms with van der Waals surface area (Å²) in [4.78, 5) is 12.9. The van der Waals surface area contributed by atoms with Gasteiger partial charge in [0.25, 0.3) is 5.56 Å². The minimum Gasteiger partial charge on any atom is -0.360 e. The molecule has 0 atom stereocenters. The summed E-state index contributed by atoms with van der Waals surface area (Å²) in [5.41, 5.74) is 1.66. The van der Waals surface area contributed by atoms with E-state index in [1.807, 2.05) is 41.7 Å². The number of unbranched alkanes of at least 4 members (excludes halogenated alkanes) is 1. The second kappa shape index (κ2) is 6.95. The Labute approximate surface area is 154 Å². The molecule has 26 heavy (non-hydrogen) atoms. The summed E-state index contributed by atoms with van der Waals surface area (Å²) in [5, 5.41) is 14.0. The SMILES string of the molecule is CCCCn1c(=O)c2ccccc2n2c(SCc3cc(C)no3)nnc12. The van der Waals surface area contributed by atoms with Crippen molar-refractivity contribution in [2.45, 2.75) is 44.1 Å². The Balaban J connectivity index is 1.84. The number of thioether (sulfide) groups is 1. The van der Waals surface area contributed by atoms with Gasteiger partial charge in [-0.3, -0.25) is 13.8 Å². The maximum atomic E-state index is 12.9. The van der Waals surface area contributed by atoms with Gasteiger partial charge in [0, 0.05) is 12.6 Å². The maximum Gasteiger partial charge on any atom is 0.262 e. The van der Waals surface area contributed by atoms with Gasteiger partial charge in [-0.2, -0.15) is 0 Å². The summed E-state index contributed by atoms with van der Waals surface area (Å²) < 4.78 is 8.96. The highest BCUT2D eigenvalue weighted by Crippen LogP contribution is 2.25. The Morgan fingerprint density at radius 2 is 2.08 bits per heavy atom. The summed E-state index contributed by atoms with van der Waals surface area (Å²) in [6.45, 7) is 4.63. The molecule has 3 aromatic heterocycles. The van der Waals surface area contributed by atoms with Crippen LogP contribution in [0.1, 0.15) is 31.2 Å². The Bertz CT molecular complexity index is 1130. The molecule has 0 aliphatic carbocycles. The fraction of sp³-hybridized carbons (Fsp3) is 0.333. The van der Waals surface area contributed by atoms with Gasteiger partial charge < -0.3 is 4.52 Å².